The van der Waals surface area contributed by atoms with Gasteiger partial charge in [-0.3, -0.25) is 4.90 Å². The van der Waals surface area contributed by atoms with Crippen LogP contribution >= 0.6 is 0 Å². The third-order valence-corrected chi connectivity index (χ3v) is 5.47. The molecule has 1 aromatic carbocycles. The van der Waals surface area contributed by atoms with E-state index in [1.165, 1.54) is 18.5 Å². The lowest BCUT2D eigenvalue weighted by Crippen LogP contribution is -2.57. The van der Waals surface area contributed by atoms with Crippen molar-refractivity contribution in [2.75, 3.05) is 48.8 Å². The Kier molecular flexibility index (Phi) is 3.81. The van der Waals surface area contributed by atoms with Gasteiger partial charge < -0.3 is 20.3 Å². The molecule has 2 aromatic rings. The molecule has 1 aliphatic carbocycles. The predicted molar refractivity (Wildman–Crippen MR) is 103 cm³/mol. The molecule has 1 atom stereocenters. The standard InChI is InChI=1S/C19H24N6O/c1-20-18-9-19(22-12-21-18)23-13-2-5-16-17(8-13)26-11-15-10-24(14-3-4-14)6-7-25(15)16/h2,5,8-9,12,14-15H,3-4,6-7,10-11H2,1H3,(H2,20,21,22,23)/t15-/m1/s1. The number of rotatable bonds is 4. The Bertz CT molecular complexity index is 808. The molecule has 0 amide bonds. The summed E-state index contributed by atoms with van der Waals surface area (Å²) >= 11 is 0. The number of benzene rings is 1. The van der Waals surface area contributed by atoms with Gasteiger partial charge in [0.15, 0.2) is 0 Å². The zero-order valence-corrected chi connectivity index (χ0v) is 15.0. The minimum absolute atomic E-state index is 0.468. The molecule has 0 unspecified atom stereocenters. The molecule has 2 aliphatic heterocycles. The maximum atomic E-state index is 6.11. The summed E-state index contributed by atoms with van der Waals surface area (Å²) in [7, 11) is 1.85. The van der Waals surface area contributed by atoms with Crippen LogP contribution in [0.25, 0.3) is 0 Å². The van der Waals surface area contributed by atoms with Gasteiger partial charge in [0.05, 0.1) is 11.7 Å². The van der Waals surface area contributed by atoms with Crippen LogP contribution in [-0.4, -0.2) is 60.2 Å². The maximum absolute atomic E-state index is 6.11. The van der Waals surface area contributed by atoms with Gasteiger partial charge in [-0.25, -0.2) is 9.97 Å². The SMILES string of the molecule is CNc1cc(Nc2ccc3c(c2)OC[C@H]2CN(C4CC4)CCN32)ncn1. The number of ether oxygens (including phenoxy) is 1. The lowest BCUT2D eigenvalue weighted by atomic mass is 10.1. The normalized spacial score (nSPS) is 22.2. The van der Waals surface area contributed by atoms with Crippen molar-refractivity contribution in [1.82, 2.24) is 14.9 Å². The van der Waals surface area contributed by atoms with Crippen molar-refractivity contribution in [3.63, 3.8) is 0 Å². The largest absolute Gasteiger partial charge is 0.489 e. The van der Waals surface area contributed by atoms with Crippen molar-refractivity contribution in [3.05, 3.63) is 30.6 Å². The molecule has 5 rings (SSSR count). The first-order valence-electron chi connectivity index (χ1n) is 9.34. The van der Waals surface area contributed by atoms with E-state index >= 15 is 0 Å². The van der Waals surface area contributed by atoms with Gasteiger partial charge >= 0.3 is 0 Å². The van der Waals surface area contributed by atoms with Crippen molar-refractivity contribution >= 4 is 23.0 Å². The van der Waals surface area contributed by atoms with E-state index in [0.29, 0.717) is 6.04 Å². The number of fused-ring (bicyclic) bond motifs is 3. The highest BCUT2D eigenvalue weighted by atomic mass is 16.5. The molecule has 0 spiro atoms. The molecule has 3 heterocycles. The molecule has 1 saturated heterocycles. The Balaban J connectivity index is 1.33. The van der Waals surface area contributed by atoms with Crippen molar-refractivity contribution in [2.45, 2.75) is 24.9 Å². The third kappa shape index (κ3) is 2.92. The predicted octanol–water partition coefficient (Wildman–Crippen LogP) is 2.31. The maximum Gasteiger partial charge on any atom is 0.144 e. The molecular weight excluding hydrogens is 328 g/mol. The summed E-state index contributed by atoms with van der Waals surface area (Å²) < 4.78 is 6.11. The van der Waals surface area contributed by atoms with Crippen LogP contribution < -0.4 is 20.3 Å². The lowest BCUT2D eigenvalue weighted by Gasteiger charge is -2.45. The van der Waals surface area contributed by atoms with Gasteiger partial charge in [-0.05, 0) is 25.0 Å². The van der Waals surface area contributed by atoms with E-state index in [0.717, 1.165) is 55.4 Å². The molecule has 7 heteroatoms. The third-order valence-electron chi connectivity index (χ3n) is 5.47. The molecular formula is C19H24N6O. The van der Waals surface area contributed by atoms with Gasteiger partial charge in [0.2, 0.25) is 0 Å². The fourth-order valence-electron chi connectivity index (χ4n) is 3.95. The Morgan fingerprint density at radius 3 is 2.81 bits per heavy atom. The highest BCUT2D eigenvalue weighted by molar-refractivity contribution is 5.70. The Morgan fingerprint density at radius 1 is 1.08 bits per heavy atom. The summed E-state index contributed by atoms with van der Waals surface area (Å²) in [5.74, 6) is 2.50. The summed E-state index contributed by atoms with van der Waals surface area (Å²) in [4.78, 5) is 13.6. The van der Waals surface area contributed by atoms with Crippen LogP contribution in [0.3, 0.4) is 0 Å². The van der Waals surface area contributed by atoms with Crippen molar-refractivity contribution in [1.29, 1.82) is 0 Å². The average Bonchev–Trinajstić information content (AvgIpc) is 3.53. The van der Waals surface area contributed by atoms with E-state index in [1.54, 1.807) is 6.33 Å². The monoisotopic (exact) mass is 352 g/mol. The highest BCUT2D eigenvalue weighted by Gasteiger charge is 2.38. The topological polar surface area (TPSA) is 65.6 Å². The summed E-state index contributed by atoms with van der Waals surface area (Å²) in [6.45, 7) is 4.13. The van der Waals surface area contributed by atoms with Gasteiger partial charge in [-0.2, -0.15) is 0 Å². The highest BCUT2D eigenvalue weighted by Crippen LogP contribution is 2.39. The molecule has 26 heavy (non-hydrogen) atoms. The van der Waals surface area contributed by atoms with Crippen LogP contribution in [-0.2, 0) is 0 Å². The van der Waals surface area contributed by atoms with Crippen molar-refractivity contribution < 1.29 is 4.74 Å². The molecule has 0 bridgehead atoms. The van der Waals surface area contributed by atoms with Gasteiger partial charge in [0.25, 0.3) is 0 Å². The van der Waals surface area contributed by atoms with Crippen LogP contribution in [0.1, 0.15) is 12.8 Å². The summed E-state index contributed by atoms with van der Waals surface area (Å²) in [5, 5.41) is 6.36. The number of hydrogen-bond donors (Lipinski definition) is 2. The molecule has 2 N–H and O–H groups in total. The molecule has 7 nitrogen and oxygen atoms in total. The molecule has 3 aliphatic rings. The summed E-state index contributed by atoms with van der Waals surface area (Å²) in [6, 6.07) is 9.51. The van der Waals surface area contributed by atoms with Gasteiger partial charge in [0.1, 0.15) is 30.3 Å². The van der Waals surface area contributed by atoms with Crippen LogP contribution in [0.4, 0.5) is 23.0 Å². The number of hydrogen-bond acceptors (Lipinski definition) is 7. The molecule has 1 aromatic heterocycles. The first-order chi connectivity index (χ1) is 12.8. The number of nitrogens with zero attached hydrogens (tertiary/aromatic N) is 4. The first kappa shape index (κ1) is 15.7. The second-order valence-corrected chi connectivity index (χ2v) is 7.23. The summed E-state index contributed by atoms with van der Waals surface area (Å²) in [6.07, 6.45) is 4.29. The smallest absolute Gasteiger partial charge is 0.144 e. The van der Waals surface area contributed by atoms with E-state index in [2.05, 4.69) is 48.6 Å². The lowest BCUT2D eigenvalue weighted by molar-refractivity contribution is 0.161. The zero-order chi connectivity index (χ0) is 17.5. The summed E-state index contributed by atoms with van der Waals surface area (Å²) in [5.41, 5.74) is 2.18. The van der Waals surface area contributed by atoms with Gasteiger partial charge in [-0.1, -0.05) is 0 Å². The average molecular weight is 352 g/mol. The van der Waals surface area contributed by atoms with E-state index in [-0.39, 0.29) is 0 Å². The molecule has 136 valence electrons. The number of aromatic nitrogens is 2. The second-order valence-electron chi connectivity index (χ2n) is 7.23. The van der Waals surface area contributed by atoms with Crippen LogP contribution in [0, 0.1) is 0 Å². The first-order valence-corrected chi connectivity index (χ1v) is 9.34. The minimum atomic E-state index is 0.468. The van der Waals surface area contributed by atoms with E-state index in [1.807, 2.05) is 13.1 Å². The zero-order valence-electron chi connectivity index (χ0n) is 15.0. The van der Waals surface area contributed by atoms with E-state index in [4.69, 9.17) is 4.74 Å². The van der Waals surface area contributed by atoms with Crippen LogP contribution in [0.5, 0.6) is 5.75 Å². The van der Waals surface area contributed by atoms with Gasteiger partial charge in [0, 0.05) is 50.5 Å². The quantitative estimate of drug-likeness (QED) is 0.875. The molecule has 0 radical (unpaired) electrons. The fraction of sp³-hybridized carbons (Fsp3) is 0.474. The molecule has 1 saturated carbocycles. The van der Waals surface area contributed by atoms with E-state index < -0.39 is 0 Å². The number of piperazine rings is 1. The van der Waals surface area contributed by atoms with Crippen molar-refractivity contribution in [2.24, 2.45) is 0 Å². The molecule has 2 fully saturated rings. The Hall–Kier alpha value is -2.54. The number of nitrogens with one attached hydrogen (secondary N) is 2. The second kappa shape index (κ2) is 6.32. The van der Waals surface area contributed by atoms with Crippen molar-refractivity contribution in [3.8, 4) is 5.75 Å². The van der Waals surface area contributed by atoms with Gasteiger partial charge in [-0.15, -0.1) is 0 Å². The van der Waals surface area contributed by atoms with Crippen LogP contribution in [0.15, 0.2) is 30.6 Å². The Labute approximate surface area is 153 Å². The Morgan fingerprint density at radius 2 is 1.96 bits per heavy atom. The van der Waals surface area contributed by atoms with Crippen LogP contribution in [0.2, 0.25) is 0 Å². The number of anilines is 4. The minimum Gasteiger partial charge on any atom is -0.489 e. The fourth-order valence-corrected chi connectivity index (χ4v) is 3.95. The van der Waals surface area contributed by atoms with E-state index in [9.17, 15) is 0 Å².